The van der Waals surface area contributed by atoms with Crippen molar-refractivity contribution < 1.29 is 9.66 Å². The summed E-state index contributed by atoms with van der Waals surface area (Å²) in [6.45, 7) is 6.63. The molecule has 0 radical (unpaired) electrons. The van der Waals surface area contributed by atoms with Crippen LogP contribution < -0.4 is 10.1 Å². The second kappa shape index (κ2) is 7.09. The highest BCUT2D eigenvalue weighted by molar-refractivity contribution is 5.49. The normalized spacial score (nSPS) is 13.9. The summed E-state index contributed by atoms with van der Waals surface area (Å²) in [5, 5.41) is 14.2. The molecule has 0 heterocycles. The third-order valence-electron chi connectivity index (χ3n) is 3.37. The van der Waals surface area contributed by atoms with Gasteiger partial charge in [0.15, 0.2) is 5.75 Å². The molecule has 0 bridgehead atoms. The predicted octanol–water partition coefficient (Wildman–Crippen LogP) is 3.10. The van der Waals surface area contributed by atoms with Gasteiger partial charge in [0.1, 0.15) is 0 Å². The molecule has 0 saturated heterocycles. The number of nitro benzene ring substituents is 1. The minimum Gasteiger partial charge on any atom is -0.487 e. The number of nitrogens with zero attached hydrogens (tertiary/aromatic N) is 1. The quantitative estimate of drug-likeness (QED) is 0.608. The zero-order valence-corrected chi connectivity index (χ0v) is 12.0. The van der Waals surface area contributed by atoms with Gasteiger partial charge in [0.05, 0.1) is 11.5 Å². The molecule has 0 aliphatic heterocycles. The largest absolute Gasteiger partial charge is 0.487 e. The summed E-state index contributed by atoms with van der Waals surface area (Å²) >= 11 is 0. The summed E-state index contributed by atoms with van der Waals surface area (Å²) in [6.07, 6.45) is 0.823. The Hall–Kier alpha value is -1.62. The van der Waals surface area contributed by atoms with Crippen LogP contribution in [0.2, 0.25) is 0 Å². The Labute approximate surface area is 114 Å². The summed E-state index contributed by atoms with van der Waals surface area (Å²) in [5.74, 6) is 0.620. The van der Waals surface area contributed by atoms with Crippen molar-refractivity contribution in [1.82, 2.24) is 5.32 Å². The number of likely N-dealkylation sites (N-methyl/N-ethyl adjacent to an activating group) is 1. The molecule has 1 rings (SSSR count). The smallest absolute Gasteiger partial charge is 0.310 e. The fourth-order valence-corrected chi connectivity index (χ4v) is 1.83. The van der Waals surface area contributed by atoms with Gasteiger partial charge in [0.2, 0.25) is 0 Å². The van der Waals surface area contributed by atoms with E-state index in [9.17, 15) is 10.1 Å². The maximum Gasteiger partial charge on any atom is 0.310 e. The van der Waals surface area contributed by atoms with Gasteiger partial charge in [-0.3, -0.25) is 10.1 Å². The van der Waals surface area contributed by atoms with Crippen molar-refractivity contribution in [3.63, 3.8) is 0 Å². The van der Waals surface area contributed by atoms with E-state index in [1.165, 1.54) is 6.07 Å². The van der Waals surface area contributed by atoms with Crippen molar-refractivity contribution >= 4 is 5.69 Å². The van der Waals surface area contributed by atoms with E-state index in [1.54, 1.807) is 12.1 Å². The third-order valence-corrected chi connectivity index (χ3v) is 3.37. The van der Waals surface area contributed by atoms with Gasteiger partial charge in [-0.2, -0.15) is 0 Å². The first-order valence-electron chi connectivity index (χ1n) is 6.59. The van der Waals surface area contributed by atoms with Crippen molar-refractivity contribution in [2.45, 2.75) is 39.2 Å². The maximum atomic E-state index is 11.0. The Bertz CT molecular complexity index is 435. The van der Waals surface area contributed by atoms with Gasteiger partial charge in [-0.25, -0.2) is 0 Å². The molecule has 2 unspecified atom stereocenters. The molecule has 5 nitrogen and oxygen atoms in total. The van der Waals surface area contributed by atoms with E-state index in [1.807, 2.05) is 14.0 Å². The molecule has 1 aromatic rings. The summed E-state index contributed by atoms with van der Waals surface area (Å²) in [5.41, 5.74) is 1.07. The molecule has 19 heavy (non-hydrogen) atoms. The standard InChI is InChI=1S/C14H22N2O3/c1-5-8-19-14-9-12(10(2)11(3)15-4)6-7-13(14)16(17)18/h6-7,9-11,15H,5,8H2,1-4H3. The van der Waals surface area contributed by atoms with E-state index in [2.05, 4.69) is 19.2 Å². The molecule has 0 amide bonds. The monoisotopic (exact) mass is 266 g/mol. The van der Waals surface area contributed by atoms with Gasteiger partial charge in [0.25, 0.3) is 0 Å². The van der Waals surface area contributed by atoms with E-state index in [0.29, 0.717) is 18.4 Å². The molecule has 0 aliphatic carbocycles. The van der Waals surface area contributed by atoms with Crippen LogP contribution in [0.15, 0.2) is 18.2 Å². The van der Waals surface area contributed by atoms with Crippen LogP contribution in [0.4, 0.5) is 5.69 Å². The molecule has 1 N–H and O–H groups in total. The number of ether oxygens (including phenoxy) is 1. The highest BCUT2D eigenvalue weighted by atomic mass is 16.6. The molecule has 0 fully saturated rings. The first-order valence-corrected chi connectivity index (χ1v) is 6.59. The van der Waals surface area contributed by atoms with Crippen LogP contribution >= 0.6 is 0 Å². The lowest BCUT2D eigenvalue weighted by molar-refractivity contribution is -0.385. The van der Waals surface area contributed by atoms with Crippen molar-refractivity contribution in [2.24, 2.45) is 0 Å². The number of benzene rings is 1. The minimum atomic E-state index is -0.402. The predicted molar refractivity (Wildman–Crippen MR) is 75.8 cm³/mol. The van der Waals surface area contributed by atoms with Crippen molar-refractivity contribution in [3.8, 4) is 5.75 Å². The Balaban J connectivity index is 3.06. The number of hydrogen-bond acceptors (Lipinski definition) is 4. The highest BCUT2D eigenvalue weighted by Gasteiger charge is 2.19. The molecular weight excluding hydrogens is 244 g/mol. The first kappa shape index (κ1) is 15.4. The topological polar surface area (TPSA) is 64.4 Å². The van der Waals surface area contributed by atoms with Gasteiger partial charge in [0, 0.05) is 12.1 Å². The van der Waals surface area contributed by atoms with Crippen LogP contribution in [0.5, 0.6) is 5.75 Å². The summed E-state index contributed by atoms with van der Waals surface area (Å²) in [6, 6.07) is 5.40. The molecule has 1 aromatic carbocycles. The van der Waals surface area contributed by atoms with Crippen LogP contribution in [0.25, 0.3) is 0 Å². The molecular formula is C14H22N2O3. The number of nitrogens with one attached hydrogen (secondary N) is 1. The van der Waals surface area contributed by atoms with Crippen LogP contribution in [0.3, 0.4) is 0 Å². The molecule has 0 aliphatic rings. The Kier molecular flexibility index (Phi) is 5.76. The Morgan fingerprint density at radius 2 is 2.11 bits per heavy atom. The third kappa shape index (κ3) is 3.92. The van der Waals surface area contributed by atoms with Gasteiger partial charge in [-0.15, -0.1) is 0 Å². The fraction of sp³-hybridized carbons (Fsp3) is 0.571. The van der Waals surface area contributed by atoms with Gasteiger partial charge in [-0.05, 0) is 37.9 Å². The molecule has 0 spiro atoms. The lowest BCUT2D eigenvalue weighted by atomic mass is 9.94. The maximum absolute atomic E-state index is 11.0. The van der Waals surface area contributed by atoms with Crippen LogP contribution in [0, 0.1) is 10.1 Å². The van der Waals surface area contributed by atoms with Crippen LogP contribution in [-0.4, -0.2) is 24.6 Å². The second-order valence-corrected chi connectivity index (χ2v) is 4.70. The molecule has 2 atom stereocenters. The van der Waals surface area contributed by atoms with Crippen molar-refractivity contribution in [2.75, 3.05) is 13.7 Å². The molecule has 106 valence electrons. The van der Waals surface area contributed by atoms with E-state index >= 15 is 0 Å². The van der Waals surface area contributed by atoms with Crippen molar-refractivity contribution in [1.29, 1.82) is 0 Å². The average molecular weight is 266 g/mol. The number of hydrogen-bond donors (Lipinski definition) is 1. The Morgan fingerprint density at radius 3 is 2.63 bits per heavy atom. The molecule has 5 heteroatoms. The highest BCUT2D eigenvalue weighted by Crippen LogP contribution is 2.31. The van der Waals surface area contributed by atoms with Crippen LogP contribution in [-0.2, 0) is 0 Å². The first-order chi connectivity index (χ1) is 9.01. The van der Waals surface area contributed by atoms with E-state index < -0.39 is 4.92 Å². The second-order valence-electron chi connectivity index (χ2n) is 4.70. The van der Waals surface area contributed by atoms with E-state index in [-0.39, 0.29) is 11.6 Å². The average Bonchev–Trinajstić information content (AvgIpc) is 2.42. The van der Waals surface area contributed by atoms with E-state index in [0.717, 1.165) is 12.0 Å². The zero-order valence-electron chi connectivity index (χ0n) is 12.0. The summed E-state index contributed by atoms with van der Waals surface area (Å²) in [4.78, 5) is 10.6. The fourth-order valence-electron chi connectivity index (χ4n) is 1.83. The summed E-state index contributed by atoms with van der Waals surface area (Å²) in [7, 11) is 1.90. The van der Waals surface area contributed by atoms with Gasteiger partial charge < -0.3 is 10.1 Å². The van der Waals surface area contributed by atoms with Gasteiger partial charge >= 0.3 is 5.69 Å². The SMILES string of the molecule is CCCOc1cc(C(C)C(C)NC)ccc1[N+](=O)[O-]. The number of nitro groups is 1. The lowest BCUT2D eigenvalue weighted by Gasteiger charge is -2.20. The van der Waals surface area contributed by atoms with Gasteiger partial charge in [-0.1, -0.05) is 19.9 Å². The minimum absolute atomic E-state index is 0.0292. The Morgan fingerprint density at radius 1 is 1.42 bits per heavy atom. The van der Waals surface area contributed by atoms with E-state index in [4.69, 9.17) is 4.74 Å². The molecule has 0 aromatic heterocycles. The lowest BCUT2D eigenvalue weighted by Crippen LogP contribution is -2.27. The van der Waals surface area contributed by atoms with Crippen molar-refractivity contribution in [3.05, 3.63) is 33.9 Å². The number of rotatable bonds is 7. The zero-order chi connectivity index (χ0) is 14.4. The molecule has 0 saturated carbocycles. The van der Waals surface area contributed by atoms with Crippen LogP contribution in [0.1, 0.15) is 38.7 Å². The summed E-state index contributed by atoms with van der Waals surface area (Å²) < 4.78 is 5.49.